The third-order valence-corrected chi connectivity index (χ3v) is 5.12. The molecule has 2 aromatic heterocycles. The van der Waals surface area contributed by atoms with Crippen molar-refractivity contribution in [3.8, 4) is 11.4 Å². The topological polar surface area (TPSA) is 42.2 Å². The molecule has 4 nitrogen and oxygen atoms in total. The fraction of sp³-hybridized carbons (Fsp3) is 0.417. The molecule has 100 valence electrons. The highest BCUT2D eigenvalue weighted by atomic mass is 32.2. The van der Waals surface area contributed by atoms with Gasteiger partial charge in [-0.2, -0.15) is 16.3 Å². The van der Waals surface area contributed by atoms with Crippen LogP contribution >= 0.6 is 35.3 Å². The molecular formula is C12H13N3OS3. The van der Waals surface area contributed by atoms with E-state index in [1.165, 1.54) is 12.8 Å². The number of aromatic nitrogens is 2. The molecule has 3 rings (SSSR count). The maximum absolute atomic E-state index is 5.40. The van der Waals surface area contributed by atoms with Gasteiger partial charge in [0, 0.05) is 24.0 Å². The Balaban J connectivity index is 1.57. The Kier molecular flexibility index (Phi) is 4.15. The van der Waals surface area contributed by atoms with Gasteiger partial charge in [-0.25, -0.2) is 0 Å². The molecule has 7 heteroatoms. The zero-order chi connectivity index (χ0) is 13.1. The summed E-state index contributed by atoms with van der Waals surface area (Å²) < 4.78 is 6.18. The number of hydrogen-bond acceptors (Lipinski definition) is 6. The summed E-state index contributed by atoms with van der Waals surface area (Å²) >= 11 is 8.63. The zero-order valence-corrected chi connectivity index (χ0v) is 12.7. The van der Waals surface area contributed by atoms with E-state index in [9.17, 15) is 0 Å². The van der Waals surface area contributed by atoms with Gasteiger partial charge in [0.25, 0.3) is 0 Å². The second kappa shape index (κ2) is 6.02. The number of thioether (sulfide) groups is 1. The van der Waals surface area contributed by atoms with E-state index in [4.69, 9.17) is 16.7 Å². The van der Waals surface area contributed by atoms with Gasteiger partial charge < -0.3 is 9.42 Å². The van der Waals surface area contributed by atoms with Crippen molar-refractivity contribution in [2.24, 2.45) is 0 Å². The van der Waals surface area contributed by atoms with Gasteiger partial charge in [0.1, 0.15) is 4.32 Å². The summed E-state index contributed by atoms with van der Waals surface area (Å²) in [5.74, 6) is 1.93. The quantitative estimate of drug-likeness (QED) is 0.809. The van der Waals surface area contributed by atoms with Crippen LogP contribution in [0, 0.1) is 0 Å². The molecule has 0 radical (unpaired) electrons. The Morgan fingerprint density at radius 3 is 3.05 bits per heavy atom. The molecule has 0 amide bonds. The first-order valence-corrected chi connectivity index (χ1v) is 8.43. The molecule has 3 heterocycles. The lowest BCUT2D eigenvalue weighted by Crippen LogP contribution is -2.23. The van der Waals surface area contributed by atoms with Crippen LogP contribution in [-0.4, -0.2) is 32.5 Å². The van der Waals surface area contributed by atoms with E-state index in [1.807, 2.05) is 16.8 Å². The molecule has 0 aromatic carbocycles. The second-order valence-corrected chi connectivity index (χ2v) is 6.66. The lowest BCUT2D eigenvalue weighted by molar-refractivity contribution is 0.392. The second-order valence-electron chi connectivity index (χ2n) is 4.27. The molecule has 2 aromatic rings. The van der Waals surface area contributed by atoms with Crippen molar-refractivity contribution in [1.82, 2.24) is 15.0 Å². The Bertz CT molecular complexity index is 546. The summed E-state index contributed by atoms with van der Waals surface area (Å²) in [6.07, 6.45) is 2.48. The molecule has 0 unspecified atom stereocenters. The normalized spacial score (nSPS) is 15.1. The van der Waals surface area contributed by atoms with Crippen molar-refractivity contribution in [2.45, 2.75) is 18.6 Å². The molecule has 0 N–H and O–H groups in total. The van der Waals surface area contributed by atoms with Gasteiger partial charge in [-0.15, -0.1) is 0 Å². The summed E-state index contributed by atoms with van der Waals surface area (Å²) in [4.78, 5) is 6.63. The third kappa shape index (κ3) is 3.16. The van der Waals surface area contributed by atoms with Gasteiger partial charge >= 0.3 is 0 Å². The monoisotopic (exact) mass is 311 g/mol. The Labute approximate surface area is 125 Å². The summed E-state index contributed by atoms with van der Waals surface area (Å²) in [6, 6.07) is 1.99. The van der Waals surface area contributed by atoms with Gasteiger partial charge in [-0.3, -0.25) is 0 Å². The predicted molar refractivity (Wildman–Crippen MR) is 82.3 cm³/mol. The average Bonchev–Trinajstić information content (AvgIpc) is 3.14. The van der Waals surface area contributed by atoms with Gasteiger partial charge in [0.2, 0.25) is 11.7 Å². The van der Waals surface area contributed by atoms with Crippen molar-refractivity contribution in [2.75, 3.05) is 13.1 Å². The van der Waals surface area contributed by atoms with Crippen LogP contribution in [0.5, 0.6) is 0 Å². The molecule has 19 heavy (non-hydrogen) atoms. The maximum atomic E-state index is 5.40. The summed E-state index contributed by atoms with van der Waals surface area (Å²) in [6.45, 7) is 2.16. The number of likely N-dealkylation sites (tertiary alicyclic amines) is 1. The van der Waals surface area contributed by atoms with Crippen molar-refractivity contribution in [1.29, 1.82) is 0 Å². The molecule has 0 aliphatic carbocycles. The fourth-order valence-corrected chi connectivity index (χ4v) is 3.66. The van der Waals surface area contributed by atoms with Crippen LogP contribution < -0.4 is 0 Å². The number of thiocarbonyl (C=S) groups is 1. The highest BCUT2D eigenvalue weighted by Gasteiger charge is 2.16. The van der Waals surface area contributed by atoms with Crippen LogP contribution in [-0.2, 0) is 5.75 Å². The van der Waals surface area contributed by atoms with Crippen LogP contribution in [0.25, 0.3) is 11.4 Å². The Hall–Kier alpha value is -0.920. The first-order valence-electron chi connectivity index (χ1n) is 6.10. The molecular weight excluding hydrogens is 298 g/mol. The van der Waals surface area contributed by atoms with Crippen molar-refractivity contribution in [3.05, 3.63) is 22.7 Å². The van der Waals surface area contributed by atoms with E-state index in [1.54, 1.807) is 23.1 Å². The smallest absolute Gasteiger partial charge is 0.237 e. The number of hydrogen-bond donors (Lipinski definition) is 0. The molecule has 1 aliphatic rings. The van der Waals surface area contributed by atoms with E-state index < -0.39 is 0 Å². The van der Waals surface area contributed by atoms with E-state index in [2.05, 4.69) is 15.0 Å². The van der Waals surface area contributed by atoms with E-state index in [0.717, 1.165) is 23.0 Å². The molecule has 0 bridgehead atoms. The van der Waals surface area contributed by atoms with Crippen LogP contribution in [0.4, 0.5) is 0 Å². The first-order chi connectivity index (χ1) is 9.33. The van der Waals surface area contributed by atoms with Gasteiger partial charge in [0.15, 0.2) is 0 Å². The minimum atomic E-state index is 0.632. The average molecular weight is 311 g/mol. The predicted octanol–water partition coefficient (Wildman–Crippen LogP) is 3.41. The lowest BCUT2D eigenvalue weighted by Gasteiger charge is -2.16. The molecule has 0 atom stereocenters. The van der Waals surface area contributed by atoms with Gasteiger partial charge in [-0.05, 0) is 24.3 Å². The molecule has 1 fully saturated rings. The molecule has 0 saturated carbocycles. The largest absolute Gasteiger partial charge is 0.358 e. The minimum absolute atomic E-state index is 0.632. The highest BCUT2D eigenvalue weighted by Crippen LogP contribution is 2.22. The standard InChI is InChI=1S/C12H13N3OS3/c17-12(15-4-1-2-5-15)19-8-10-13-11(14-16-10)9-3-6-18-7-9/h3,6-7H,1-2,4-5,8H2. The SMILES string of the molecule is S=C(SCc1nc(-c2ccsc2)no1)N1CCCC1. The molecule has 1 saturated heterocycles. The maximum Gasteiger partial charge on any atom is 0.237 e. The number of nitrogens with zero attached hydrogens (tertiary/aromatic N) is 3. The van der Waals surface area contributed by atoms with Crippen molar-refractivity contribution >= 4 is 39.6 Å². The van der Waals surface area contributed by atoms with Crippen LogP contribution in [0.15, 0.2) is 21.3 Å². The third-order valence-electron chi connectivity index (χ3n) is 2.93. The molecule has 0 spiro atoms. The minimum Gasteiger partial charge on any atom is -0.358 e. The van der Waals surface area contributed by atoms with Crippen LogP contribution in [0.3, 0.4) is 0 Å². The highest BCUT2D eigenvalue weighted by molar-refractivity contribution is 8.22. The first kappa shape index (κ1) is 13.1. The van der Waals surface area contributed by atoms with Crippen LogP contribution in [0.1, 0.15) is 18.7 Å². The van der Waals surface area contributed by atoms with Gasteiger partial charge in [-0.1, -0.05) is 29.1 Å². The van der Waals surface area contributed by atoms with E-state index in [-0.39, 0.29) is 0 Å². The van der Waals surface area contributed by atoms with Crippen molar-refractivity contribution in [3.63, 3.8) is 0 Å². The van der Waals surface area contributed by atoms with Crippen molar-refractivity contribution < 1.29 is 4.52 Å². The van der Waals surface area contributed by atoms with Crippen LogP contribution in [0.2, 0.25) is 0 Å². The summed E-state index contributed by atoms with van der Waals surface area (Å²) in [7, 11) is 0. The molecule has 1 aliphatic heterocycles. The fourth-order valence-electron chi connectivity index (χ4n) is 1.94. The Morgan fingerprint density at radius 1 is 1.47 bits per heavy atom. The summed E-state index contributed by atoms with van der Waals surface area (Å²) in [5.41, 5.74) is 1.01. The lowest BCUT2D eigenvalue weighted by atomic mass is 10.3. The van der Waals surface area contributed by atoms with E-state index >= 15 is 0 Å². The van der Waals surface area contributed by atoms with E-state index in [0.29, 0.717) is 17.5 Å². The number of thiophene rings is 1. The number of rotatable bonds is 3. The summed E-state index contributed by atoms with van der Waals surface area (Å²) in [5, 5.41) is 8.00. The zero-order valence-electron chi connectivity index (χ0n) is 10.2. The Morgan fingerprint density at radius 2 is 2.32 bits per heavy atom. The van der Waals surface area contributed by atoms with Gasteiger partial charge in [0.05, 0.1) is 5.75 Å².